The molecule has 1 nitrogen and oxygen atoms in total. The minimum absolute atomic E-state index is 0.700. The highest BCUT2D eigenvalue weighted by Gasteiger charge is 2.23. The van der Waals surface area contributed by atoms with Gasteiger partial charge in [0.15, 0.2) is 0 Å². The minimum Gasteiger partial charge on any atom is -0.306 e. The average Bonchev–Trinajstić information content (AvgIpc) is 2.75. The zero-order valence-corrected chi connectivity index (χ0v) is 7.58. The molecule has 60 valence electrons. The lowest BCUT2D eigenvalue weighted by atomic mass is 10.3. The van der Waals surface area contributed by atoms with Crippen molar-refractivity contribution in [2.24, 2.45) is 0 Å². The third-order valence-electron chi connectivity index (χ3n) is 1.93. The Morgan fingerprint density at radius 1 is 1.64 bits per heavy atom. The van der Waals surface area contributed by atoms with Crippen LogP contribution in [0.4, 0.5) is 0 Å². The fraction of sp³-hybridized carbons (Fsp3) is 0.556. The lowest BCUT2D eigenvalue weighted by molar-refractivity contribution is 0.940. The van der Waals surface area contributed by atoms with Gasteiger partial charge in [-0.25, -0.2) is 0 Å². The summed E-state index contributed by atoms with van der Waals surface area (Å²) >= 11 is 1.97. The quantitative estimate of drug-likeness (QED) is 0.686. The first-order valence-electron chi connectivity index (χ1n) is 4.22. The van der Waals surface area contributed by atoms with Gasteiger partial charge < -0.3 is 5.32 Å². The summed E-state index contributed by atoms with van der Waals surface area (Å²) in [5.74, 6) is 0. The molecule has 1 aliphatic rings. The standard InChI is InChI=1S/C9H13NS/c1-2-3-7-4-5-9(11-7)8-6-10-8/h4-5,8,10H,2-3,6H2,1H3/t8-/m1/s1. The van der Waals surface area contributed by atoms with E-state index in [9.17, 15) is 0 Å². The maximum absolute atomic E-state index is 3.32. The molecule has 2 rings (SSSR count). The van der Waals surface area contributed by atoms with Gasteiger partial charge in [-0.3, -0.25) is 0 Å². The lowest BCUT2D eigenvalue weighted by Crippen LogP contribution is -1.75. The summed E-state index contributed by atoms with van der Waals surface area (Å²) in [5, 5.41) is 3.32. The largest absolute Gasteiger partial charge is 0.306 e. The Kier molecular flexibility index (Phi) is 1.96. The Morgan fingerprint density at radius 3 is 3.09 bits per heavy atom. The molecule has 0 spiro atoms. The Balaban J connectivity index is 2.06. The van der Waals surface area contributed by atoms with Crippen molar-refractivity contribution in [3.63, 3.8) is 0 Å². The molecule has 0 aromatic carbocycles. The van der Waals surface area contributed by atoms with E-state index in [1.807, 2.05) is 11.3 Å². The van der Waals surface area contributed by atoms with Crippen molar-refractivity contribution in [1.29, 1.82) is 0 Å². The zero-order chi connectivity index (χ0) is 7.68. The second kappa shape index (κ2) is 2.95. The molecule has 0 bridgehead atoms. The van der Waals surface area contributed by atoms with Gasteiger partial charge in [-0.2, -0.15) is 0 Å². The molecule has 0 unspecified atom stereocenters. The van der Waals surface area contributed by atoms with E-state index in [2.05, 4.69) is 24.4 Å². The van der Waals surface area contributed by atoms with E-state index in [1.165, 1.54) is 29.1 Å². The second-order valence-electron chi connectivity index (χ2n) is 3.01. The molecule has 1 aliphatic heterocycles. The van der Waals surface area contributed by atoms with E-state index in [0.717, 1.165) is 0 Å². The molecule has 2 heterocycles. The summed E-state index contributed by atoms with van der Waals surface area (Å²) < 4.78 is 0. The van der Waals surface area contributed by atoms with Crippen LogP contribution in [0.1, 0.15) is 29.1 Å². The molecule has 1 aromatic rings. The van der Waals surface area contributed by atoms with E-state index in [1.54, 1.807) is 0 Å². The molecule has 0 amide bonds. The van der Waals surface area contributed by atoms with Crippen molar-refractivity contribution < 1.29 is 0 Å². The summed E-state index contributed by atoms with van der Waals surface area (Å²) in [6.07, 6.45) is 2.51. The smallest absolute Gasteiger partial charge is 0.0542 e. The van der Waals surface area contributed by atoms with Crippen molar-refractivity contribution in [2.45, 2.75) is 25.8 Å². The monoisotopic (exact) mass is 167 g/mol. The van der Waals surface area contributed by atoms with E-state index in [0.29, 0.717) is 6.04 Å². The predicted molar refractivity (Wildman–Crippen MR) is 49.1 cm³/mol. The molecule has 0 radical (unpaired) electrons. The summed E-state index contributed by atoms with van der Waals surface area (Å²) in [7, 11) is 0. The van der Waals surface area contributed by atoms with E-state index >= 15 is 0 Å². The molecule has 1 fully saturated rings. The molecule has 2 heteroatoms. The summed E-state index contributed by atoms with van der Waals surface area (Å²) in [4.78, 5) is 3.06. The van der Waals surface area contributed by atoms with Crippen LogP contribution in [0.5, 0.6) is 0 Å². The van der Waals surface area contributed by atoms with Gasteiger partial charge in [0, 0.05) is 16.3 Å². The van der Waals surface area contributed by atoms with E-state index in [-0.39, 0.29) is 0 Å². The highest BCUT2D eigenvalue weighted by molar-refractivity contribution is 7.12. The Morgan fingerprint density at radius 2 is 2.45 bits per heavy atom. The van der Waals surface area contributed by atoms with Crippen molar-refractivity contribution in [2.75, 3.05) is 6.54 Å². The molecular formula is C9H13NS. The van der Waals surface area contributed by atoms with Crippen LogP contribution in [0.2, 0.25) is 0 Å². The van der Waals surface area contributed by atoms with Gasteiger partial charge in [0.05, 0.1) is 6.04 Å². The molecule has 0 saturated carbocycles. The minimum atomic E-state index is 0.700. The van der Waals surface area contributed by atoms with Gasteiger partial charge in [0.1, 0.15) is 0 Å². The lowest BCUT2D eigenvalue weighted by Gasteiger charge is -1.88. The molecule has 11 heavy (non-hydrogen) atoms. The average molecular weight is 167 g/mol. The molecular weight excluding hydrogens is 154 g/mol. The van der Waals surface area contributed by atoms with Gasteiger partial charge in [-0.1, -0.05) is 13.3 Å². The number of rotatable bonds is 3. The number of aryl methyl sites for hydroxylation is 1. The first-order chi connectivity index (χ1) is 5.40. The Hall–Kier alpha value is -0.340. The predicted octanol–water partition coefficient (Wildman–Crippen LogP) is 2.34. The van der Waals surface area contributed by atoms with Crippen LogP contribution in [-0.4, -0.2) is 6.54 Å². The highest BCUT2D eigenvalue weighted by Crippen LogP contribution is 2.29. The van der Waals surface area contributed by atoms with Crippen molar-refractivity contribution >= 4 is 11.3 Å². The number of thiophene rings is 1. The van der Waals surface area contributed by atoms with Gasteiger partial charge in [-0.05, 0) is 18.6 Å². The van der Waals surface area contributed by atoms with Crippen LogP contribution in [0.15, 0.2) is 12.1 Å². The van der Waals surface area contributed by atoms with E-state index < -0.39 is 0 Å². The molecule has 1 aromatic heterocycles. The van der Waals surface area contributed by atoms with Crippen LogP contribution >= 0.6 is 11.3 Å². The fourth-order valence-corrected chi connectivity index (χ4v) is 2.41. The SMILES string of the molecule is CCCc1ccc([C@H]2CN2)s1. The summed E-state index contributed by atoms with van der Waals surface area (Å²) in [6.45, 7) is 3.42. The highest BCUT2D eigenvalue weighted by atomic mass is 32.1. The van der Waals surface area contributed by atoms with Gasteiger partial charge >= 0.3 is 0 Å². The Bertz CT molecular complexity index is 237. The number of hydrogen-bond donors (Lipinski definition) is 1. The van der Waals surface area contributed by atoms with Crippen molar-refractivity contribution in [1.82, 2.24) is 5.32 Å². The van der Waals surface area contributed by atoms with Crippen LogP contribution in [0, 0.1) is 0 Å². The molecule has 1 atom stereocenters. The van der Waals surface area contributed by atoms with Crippen LogP contribution in [0.25, 0.3) is 0 Å². The second-order valence-corrected chi connectivity index (χ2v) is 4.21. The van der Waals surface area contributed by atoms with Gasteiger partial charge in [-0.15, -0.1) is 11.3 Å². The van der Waals surface area contributed by atoms with Crippen molar-refractivity contribution in [3.8, 4) is 0 Å². The molecule has 0 aliphatic carbocycles. The fourth-order valence-electron chi connectivity index (χ4n) is 1.22. The topological polar surface area (TPSA) is 21.9 Å². The maximum Gasteiger partial charge on any atom is 0.0542 e. The summed E-state index contributed by atoms with van der Waals surface area (Å²) in [5.41, 5.74) is 0. The van der Waals surface area contributed by atoms with Crippen LogP contribution in [0.3, 0.4) is 0 Å². The van der Waals surface area contributed by atoms with E-state index in [4.69, 9.17) is 0 Å². The zero-order valence-electron chi connectivity index (χ0n) is 6.76. The van der Waals surface area contributed by atoms with Crippen LogP contribution in [-0.2, 0) is 6.42 Å². The first kappa shape index (κ1) is 7.32. The molecule has 1 saturated heterocycles. The number of nitrogens with one attached hydrogen (secondary N) is 1. The summed E-state index contributed by atoms with van der Waals surface area (Å²) in [6, 6.07) is 5.23. The third-order valence-corrected chi connectivity index (χ3v) is 3.19. The third kappa shape index (κ3) is 1.63. The number of hydrogen-bond acceptors (Lipinski definition) is 2. The normalized spacial score (nSPS) is 22.1. The Labute approximate surface area is 71.4 Å². The van der Waals surface area contributed by atoms with Gasteiger partial charge in [0.2, 0.25) is 0 Å². The van der Waals surface area contributed by atoms with Gasteiger partial charge in [0.25, 0.3) is 0 Å². The first-order valence-corrected chi connectivity index (χ1v) is 5.04. The van der Waals surface area contributed by atoms with Crippen LogP contribution < -0.4 is 5.32 Å². The maximum atomic E-state index is 3.32. The van der Waals surface area contributed by atoms with Crippen molar-refractivity contribution in [3.05, 3.63) is 21.9 Å². The molecule has 1 N–H and O–H groups in total.